The van der Waals surface area contributed by atoms with Crippen LogP contribution in [0.2, 0.25) is 0 Å². The van der Waals surface area contributed by atoms with Crippen molar-refractivity contribution in [3.05, 3.63) is 206 Å². The normalized spacial score (nSPS) is 14.5. The number of carbonyl (C=O) groups excluding carboxylic acids is 2. The van der Waals surface area contributed by atoms with Crippen molar-refractivity contribution in [3.63, 3.8) is 0 Å². The number of hydrogen-bond donors (Lipinski definition) is 0. The zero-order valence-corrected chi connectivity index (χ0v) is 75.5. The van der Waals surface area contributed by atoms with Crippen LogP contribution >= 0.6 is 45.3 Å². The molecule has 12 heteroatoms. The average Bonchev–Trinajstić information content (AvgIpc) is 1.55. The second-order valence-electron chi connectivity index (χ2n) is 35.9. The van der Waals surface area contributed by atoms with Gasteiger partial charge in [-0.2, -0.15) is 0 Å². The first-order valence-electron chi connectivity index (χ1n) is 44.2. The molecule has 0 bridgehead atoms. The summed E-state index contributed by atoms with van der Waals surface area (Å²) >= 11 is 7.74. The van der Waals surface area contributed by atoms with Crippen LogP contribution in [-0.4, -0.2) is 61.1 Å². The Labute approximate surface area is 706 Å². The van der Waals surface area contributed by atoms with E-state index in [-0.39, 0.29) is 22.6 Å². The van der Waals surface area contributed by atoms with E-state index in [1.165, 1.54) is 116 Å². The molecule has 115 heavy (non-hydrogen) atoms. The van der Waals surface area contributed by atoms with Crippen LogP contribution in [0.3, 0.4) is 0 Å². The van der Waals surface area contributed by atoms with Crippen molar-refractivity contribution >= 4 is 93.8 Å². The maximum Gasteiger partial charge on any atom is 0.261 e. The highest BCUT2D eigenvalue weighted by Gasteiger charge is 2.52. The number of rotatable bonds is 47. The maximum absolute atomic E-state index is 16.1. The Morgan fingerprint density at radius 2 is 0.722 bits per heavy atom. The molecule has 614 valence electrons. The minimum Gasteiger partial charge on any atom is -0.493 e. The molecule has 0 aliphatic carbocycles. The number of allylic oxidation sites excluding steroid dienone is 1. The van der Waals surface area contributed by atoms with Crippen LogP contribution in [0.4, 0.5) is 0 Å². The Bertz CT molecular complexity index is 4890. The lowest BCUT2D eigenvalue weighted by Crippen LogP contribution is -2.37. The summed E-state index contributed by atoms with van der Waals surface area (Å²) in [6.07, 6.45) is 23.3. The minimum absolute atomic E-state index is 0.0224. The summed E-state index contributed by atoms with van der Waals surface area (Å²) < 4.78 is 27.1. The fourth-order valence-corrected chi connectivity index (χ4v) is 21.5. The first-order valence-corrected chi connectivity index (χ1v) is 47.4. The molecule has 2 aliphatic rings. The third kappa shape index (κ3) is 22.1. The fraction of sp³-hybridized carbons (Fsp3) is 0.495. The Kier molecular flexibility index (Phi) is 30.8. The molecule has 2 aliphatic heterocycles. The molecule has 2 unspecified atom stereocenters. The van der Waals surface area contributed by atoms with Gasteiger partial charge in [-0.1, -0.05) is 184 Å². The van der Waals surface area contributed by atoms with Crippen molar-refractivity contribution in [1.82, 2.24) is 9.80 Å². The van der Waals surface area contributed by atoms with E-state index < -0.39 is 0 Å². The van der Waals surface area contributed by atoms with E-state index in [0.717, 1.165) is 166 Å². The van der Waals surface area contributed by atoms with Gasteiger partial charge in [-0.25, -0.2) is 0 Å². The summed E-state index contributed by atoms with van der Waals surface area (Å²) in [7, 11) is 0. The van der Waals surface area contributed by atoms with Gasteiger partial charge in [0.25, 0.3) is 11.8 Å². The smallest absolute Gasteiger partial charge is 0.261 e. The first-order chi connectivity index (χ1) is 55.5. The van der Waals surface area contributed by atoms with Crippen LogP contribution in [0.1, 0.15) is 256 Å². The minimum atomic E-state index is -0.384. The Hall–Kier alpha value is -7.48. The van der Waals surface area contributed by atoms with Crippen LogP contribution in [0.5, 0.6) is 23.0 Å². The largest absolute Gasteiger partial charge is 0.493 e. The lowest BCUT2D eigenvalue weighted by molar-refractivity contribution is -0.125. The van der Waals surface area contributed by atoms with E-state index in [1.54, 1.807) is 11.3 Å². The SMILES string of the molecule is CCCCC(C)(CC)C1=C2C(=O)N(CCCCc3ccc(OCC(C)C)cc3)C(c3ccc(-c4cc5c(CCCCc6ccc(OCC(C)C)cc6)cc6c(cc(CCCCc7ccc(OCC(C)C)cc7)c7cc(-c8ccc(C(C)(CCCC)CCC(C)C)s8)sc76)c5s4)s3)=C2C(=O)N1CCCCc1ccc(OCC(C)C)cc1. The van der Waals surface area contributed by atoms with Gasteiger partial charge in [0.15, 0.2) is 0 Å². The van der Waals surface area contributed by atoms with E-state index >= 15 is 9.59 Å². The summed E-state index contributed by atoms with van der Waals surface area (Å²) in [4.78, 5) is 43.9. The summed E-state index contributed by atoms with van der Waals surface area (Å²) in [5.41, 5.74) is 10.8. The number of aryl methyl sites for hydroxylation is 6. The number of benzene rings is 6. The molecule has 6 aromatic carbocycles. The van der Waals surface area contributed by atoms with Gasteiger partial charge in [0.05, 0.1) is 48.1 Å². The van der Waals surface area contributed by atoms with Gasteiger partial charge < -0.3 is 28.7 Å². The zero-order valence-electron chi connectivity index (χ0n) is 72.2. The highest BCUT2D eigenvalue weighted by Crippen LogP contribution is 2.55. The van der Waals surface area contributed by atoms with Gasteiger partial charge in [0.2, 0.25) is 0 Å². The van der Waals surface area contributed by atoms with Gasteiger partial charge in [-0.3, -0.25) is 9.59 Å². The van der Waals surface area contributed by atoms with E-state index in [2.05, 4.69) is 254 Å². The molecular weight excluding hydrogens is 1490 g/mol. The van der Waals surface area contributed by atoms with Gasteiger partial charge in [-0.15, -0.1) is 45.3 Å². The predicted molar refractivity (Wildman–Crippen MR) is 494 cm³/mol. The molecule has 6 heterocycles. The molecule has 0 saturated heterocycles. The lowest BCUT2D eigenvalue weighted by Gasteiger charge is -2.36. The van der Waals surface area contributed by atoms with E-state index in [9.17, 15) is 0 Å². The molecule has 4 aromatic heterocycles. The Morgan fingerprint density at radius 3 is 1.13 bits per heavy atom. The number of hydrogen-bond acceptors (Lipinski definition) is 10. The molecule has 0 radical (unpaired) electrons. The number of ether oxygens (including phenoxy) is 4. The number of unbranched alkanes of at least 4 members (excludes halogenated alkanes) is 6. The predicted octanol–water partition coefficient (Wildman–Crippen LogP) is 29.2. The lowest BCUT2D eigenvalue weighted by atomic mass is 9.77. The van der Waals surface area contributed by atoms with Crippen molar-refractivity contribution in [1.29, 1.82) is 0 Å². The fourth-order valence-electron chi connectivity index (χ4n) is 16.6. The summed E-state index contributed by atoms with van der Waals surface area (Å²) in [5.74, 6) is 6.15. The van der Waals surface area contributed by atoms with Crippen LogP contribution < -0.4 is 18.9 Å². The summed E-state index contributed by atoms with van der Waals surface area (Å²) in [5, 5.41) is 5.43. The first kappa shape index (κ1) is 86.8. The summed E-state index contributed by atoms with van der Waals surface area (Å²) in [6, 6.07) is 54.4. The molecule has 0 saturated carbocycles. The van der Waals surface area contributed by atoms with Crippen LogP contribution in [-0.2, 0) is 53.5 Å². The molecule has 10 aromatic rings. The molecule has 8 nitrogen and oxygen atoms in total. The standard InChI is InChI=1S/C103H132N2O6S4/c1-16-19-56-102(14,18-3)99-95-94(100(106)105(99)60-28-26-32-77-41-49-83(50-42-77)111-68-73(12)13)96(104(101(95)107)59-27-25-31-76-39-47-82(48-40-76)110-67-72(10)11)90-52-51-88(112-90)91-63-84-78(33-23-21-29-74-35-43-80(44-36-74)108-65-70(6)7)61-87-86(97(84)114-91)62-79(34-24-22-30-75-37-45-81(46-38-75)109-66-71(8)9)85-64-92(115-98(85)87)89-53-54-93(113-89)103(15,57-20-17-2)58-55-69(4)5/h35-54,61-64,69-73H,16-34,55-60,65-68H2,1-15H3. The second-order valence-corrected chi connectivity index (χ2v) is 40.2. The van der Waals surface area contributed by atoms with Crippen LogP contribution in [0.25, 0.3) is 56.2 Å². The van der Waals surface area contributed by atoms with Gasteiger partial charge in [0, 0.05) is 74.2 Å². The van der Waals surface area contributed by atoms with Crippen molar-refractivity contribution < 1.29 is 28.5 Å². The van der Waals surface area contributed by atoms with Crippen molar-refractivity contribution in [2.45, 2.75) is 257 Å². The van der Waals surface area contributed by atoms with Gasteiger partial charge in [0.1, 0.15) is 23.0 Å². The molecule has 2 amide bonds. The quantitative estimate of drug-likeness (QED) is 0.0354. The molecule has 0 spiro atoms. The van der Waals surface area contributed by atoms with Crippen molar-refractivity contribution in [2.24, 2.45) is 35.0 Å². The number of nitrogens with zero attached hydrogens (tertiary/aromatic N) is 2. The van der Waals surface area contributed by atoms with Gasteiger partial charge >= 0.3 is 0 Å². The van der Waals surface area contributed by atoms with Crippen molar-refractivity contribution in [3.8, 4) is 42.5 Å². The number of thiophene rings is 4. The maximum atomic E-state index is 16.1. The Balaban J connectivity index is 0.939. The Morgan fingerprint density at radius 1 is 0.348 bits per heavy atom. The number of amides is 2. The number of carbonyl (C=O) groups is 2. The van der Waals surface area contributed by atoms with Crippen LogP contribution in [0.15, 0.2) is 162 Å². The summed E-state index contributed by atoms with van der Waals surface area (Å²) in [6.45, 7) is 37.8. The monoisotopic (exact) mass is 1620 g/mol. The van der Waals surface area contributed by atoms with E-state index in [1.807, 2.05) is 38.9 Å². The second kappa shape index (κ2) is 40.8. The molecule has 0 fully saturated rings. The number of fused-ring (bicyclic) bond motifs is 6. The highest BCUT2D eigenvalue weighted by molar-refractivity contribution is 7.28. The zero-order chi connectivity index (χ0) is 81.3. The topological polar surface area (TPSA) is 77.5 Å². The van der Waals surface area contributed by atoms with Crippen molar-refractivity contribution in [2.75, 3.05) is 39.5 Å². The van der Waals surface area contributed by atoms with E-state index in [0.29, 0.717) is 73.6 Å². The molecular formula is C103H132N2O6S4. The average molecular weight is 1620 g/mol. The third-order valence-corrected chi connectivity index (χ3v) is 28.8. The molecule has 2 atom stereocenters. The molecule has 12 rings (SSSR count). The molecule has 0 N–H and O–H groups in total. The van der Waals surface area contributed by atoms with Gasteiger partial charge in [-0.05, 0) is 286 Å². The van der Waals surface area contributed by atoms with E-state index in [4.69, 9.17) is 18.9 Å². The third-order valence-electron chi connectivity index (χ3n) is 23.6. The van der Waals surface area contributed by atoms with Crippen LogP contribution in [0, 0.1) is 35.0 Å². The highest BCUT2D eigenvalue weighted by atomic mass is 32.1.